The van der Waals surface area contributed by atoms with E-state index in [0.717, 1.165) is 11.1 Å². The number of methoxy groups -OCH3 is 2. The molecule has 0 heterocycles. The summed E-state index contributed by atoms with van der Waals surface area (Å²) < 4.78 is 10.5. The fourth-order valence-corrected chi connectivity index (χ4v) is 1.83. The van der Waals surface area contributed by atoms with Crippen LogP contribution < -0.4 is 9.47 Å². The molecule has 1 aromatic carbocycles. The van der Waals surface area contributed by atoms with E-state index >= 15 is 0 Å². The van der Waals surface area contributed by atoms with Crippen LogP contribution in [0, 0.1) is 6.92 Å². The van der Waals surface area contributed by atoms with Crippen molar-refractivity contribution in [1.29, 1.82) is 0 Å². The molecule has 5 heteroatoms. The SMILES string of the molecule is COc1cc(C)c(CN(C)C(=O)C(C)=O)c(OC)c1. The first-order chi connectivity index (χ1) is 8.90. The van der Waals surface area contributed by atoms with Gasteiger partial charge in [0.15, 0.2) is 0 Å². The van der Waals surface area contributed by atoms with E-state index in [-0.39, 0.29) is 0 Å². The Morgan fingerprint density at radius 3 is 2.32 bits per heavy atom. The monoisotopic (exact) mass is 265 g/mol. The number of aryl methyl sites for hydroxylation is 1. The van der Waals surface area contributed by atoms with E-state index in [1.165, 1.54) is 11.8 Å². The van der Waals surface area contributed by atoms with Crippen molar-refractivity contribution in [3.8, 4) is 11.5 Å². The molecule has 1 rings (SSSR count). The maximum absolute atomic E-state index is 11.6. The van der Waals surface area contributed by atoms with Gasteiger partial charge in [-0.05, 0) is 18.6 Å². The summed E-state index contributed by atoms with van der Waals surface area (Å²) in [6.07, 6.45) is 0. The van der Waals surface area contributed by atoms with E-state index in [1.54, 1.807) is 27.3 Å². The van der Waals surface area contributed by atoms with Gasteiger partial charge in [-0.1, -0.05) is 0 Å². The van der Waals surface area contributed by atoms with E-state index in [4.69, 9.17) is 9.47 Å². The number of likely N-dealkylation sites (N-methyl/N-ethyl adjacent to an activating group) is 1. The maximum Gasteiger partial charge on any atom is 0.289 e. The quantitative estimate of drug-likeness (QED) is 0.758. The van der Waals surface area contributed by atoms with Gasteiger partial charge in [-0.2, -0.15) is 0 Å². The summed E-state index contributed by atoms with van der Waals surface area (Å²) in [7, 11) is 4.73. The number of nitrogens with zero attached hydrogens (tertiary/aromatic N) is 1. The smallest absolute Gasteiger partial charge is 0.289 e. The number of hydrogen-bond acceptors (Lipinski definition) is 4. The summed E-state index contributed by atoms with van der Waals surface area (Å²) in [5.74, 6) is 0.337. The van der Waals surface area contributed by atoms with Crippen molar-refractivity contribution in [2.45, 2.75) is 20.4 Å². The van der Waals surface area contributed by atoms with E-state index < -0.39 is 11.7 Å². The number of rotatable bonds is 5. The van der Waals surface area contributed by atoms with Gasteiger partial charge in [0.2, 0.25) is 5.78 Å². The number of ether oxygens (including phenoxy) is 2. The van der Waals surface area contributed by atoms with Crippen molar-refractivity contribution in [1.82, 2.24) is 4.90 Å². The van der Waals surface area contributed by atoms with Gasteiger partial charge in [0, 0.05) is 32.1 Å². The van der Waals surface area contributed by atoms with Gasteiger partial charge in [0.1, 0.15) is 11.5 Å². The molecule has 19 heavy (non-hydrogen) atoms. The second-order valence-electron chi connectivity index (χ2n) is 4.34. The van der Waals surface area contributed by atoms with Crippen LogP contribution >= 0.6 is 0 Å². The molecule has 0 aliphatic rings. The third-order valence-corrected chi connectivity index (χ3v) is 2.90. The van der Waals surface area contributed by atoms with Gasteiger partial charge in [-0.15, -0.1) is 0 Å². The summed E-state index contributed by atoms with van der Waals surface area (Å²) in [5, 5.41) is 0. The molecule has 0 spiro atoms. The lowest BCUT2D eigenvalue weighted by molar-refractivity contribution is -0.143. The van der Waals surface area contributed by atoms with Gasteiger partial charge in [0.25, 0.3) is 5.91 Å². The van der Waals surface area contributed by atoms with Crippen LogP contribution in [0.4, 0.5) is 0 Å². The van der Waals surface area contributed by atoms with Crippen LogP contribution in [-0.2, 0) is 16.1 Å². The van der Waals surface area contributed by atoms with Crippen LogP contribution in [0.25, 0.3) is 0 Å². The highest BCUT2D eigenvalue weighted by atomic mass is 16.5. The number of amides is 1. The van der Waals surface area contributed by atoms with Crippen LogP contribution in [0.15, 0.2) is 12.1 Å². The predicted octanol–water partition coefficient (Wildman–Crippen LogP) is 1.56. The van der Waals surface area contributed by atoms with Crippen LogP contribution in [0.5, 0.6) is 11.5 Å². The number of Topliss-reactive ketones (excluding diaryl/α,β-unsaturated/α-hetero) is 1. The third kappa shape index (κ3) is 3.47. The van der Waals surface area contributed by atoms with E-state index in [2.05, 4.69) is 0 Å². The summed E-state index contributed by atoms with van der Waals surface area (Å²) >= 11 is 0. The van der Waals surface area contributed by atoms with Crippen molar-refractivity contribution in [3.63, 3.8) is 0 Å². The standard InChI is InChI=1S/C14H19NO4/c1-9-6-11(18-4)7-13(19-5)12(9)8-15(3)14(17)10(2)16/h6-7H,8H2,1-5H3. The third-order valence-electron chi connectivity index (χ3n) is 2.90. The molecule has 0 aromatic heterocycles. The second kappa shape index (κ2) is 6.22. The van der Waals surface area contributed by atoms with Crippen molar-refractivity contribution in [2.75, 3.05) is 21.3 Å². The Labute approximate surface area is 113 Å². The highest BCUT2D eigenvalue weighted by Crippen LogP contribution is 2.29. The van der Waals surface area contributed by atoms with Gasteiger partial charge in [-0.25, -0.2) is 0 Å². The second-order valence-corrected chi connectivity index (χ2v) is 4.34. The normalized spacial score (nSPS) is 9.95. The molecular formula is C14H19NO4. The Balaban J connectivity index is 3.07. The zero-order chi connectivity index (χ0) is 14.6. The Bertz CT molecular complexity index is 496. The molecule has 104 valence electrons. The van der Waals surface area contributed by atoms with Crippen LogP contribution in [0.3, 0.4) is 0 Å². The highest BCUT2D eigenvalue weighted by molar-refractivity contribution is 6.34. The van der Waals surface area contributed by atoms with Crippen LogP contribution in [0.1, 0.15) is 18.1 Å². The van der Waals surface area contributed by atoms with Crippen LogP contribution in [-0.4, -0.2) is 37.9 Å². The number of carbonyl (C=O) groups is 2. The molecule has 0 radical (unpaired) electrons. The molecule has 0 saturated heterocycles. The molecule has 5 nitrogen and oxygen atoms in total. The van der Waals surface area contributed by atoms with Crippen molar-refractivity contribution in [3.05, 3.63) is 23.3 Å². The summed E-state index contributed by atoms with van der Waals surface area (Å²) in [5.41, 5.74) is 1.81. The van der Waals surface area contributed by atoms with Crippen molar-refractivity contribution < 1.29 is 19.1 Å². The van der Waals surface area contributed by atoms with E-state index in [9.17, 15) is 9.59 Å². The lowest BCUT2D eigenvalue weighted by atomic mass is 10.1. The first-order valence-corrected chi connectivity index (χ1v) is 5.88. The highest BCUT2D eigenvalue weighted by Gasteiger charge is 2.17. The molecule has 0 N–H and O–H groups in total. The lowest BCUT2D eigenvalue weighted by Crippen LogP contribution is -2.31. The predicted molar refractivity (Wildman–Crippen MR) is 71.4 cm³/mol. The molecule has 1 amide bonds. The van der Waals surface area contributed by atoms with E-state index in [0.29, 0.717) is 18.0 Å². The molecule has 0 saturated carbocycles. The van der Waals surface area contributed by atoms with Crippen molar-refractivity contribution >= 4 is 11.7 Å². The van der Waals surface area contributed by atoms with Gasteiger partial charge < -0.3 is 14.4 Å². The molecule has 0 aliphatic carbocycles. The Kier molecular flexibility index (Phi) is 4.92. The number of benzene rings is 1. The summed E-state index contributed by atoms with van der Waals surface area (Å²) in [4.78, 5) is 24.0. The first-order valence-electron chi connectivity index (χ1n) is 5.88. The fourth-order valence-electron chi connectivity index (χ4n) is 1.83. The Morgan fingerprint density at radius 2 is 1.84 bits per heavy atom. The largest absolute Gasteiger partial charge is 0.497 e. The summed E-state index contributed by atoms with van der Waals surface area (Å²) in [6.45, 7) is 3.49. The molecule has 0 unspecified atom stereocenters. The van der Waals surface area contributed by atoms with Gasteiger partial charge in [-0.3, -0.25) is 9.59 Å². The average Bonchev–Trinajstić information content (AvgIpc) is 2.39. The summed E-state index contributed by atoms with van der Waals surface area (Å²) in [6, 6.07) is 3.62. The van der Waals surface area contributed by atoms with Crippen molar-refractivity contribution in [2.24, 2.45) is 0 Å². The molecule has 1 aromatic rings. The molecule has 0 aliphatic heterocycles. The zero-order valence-corrected chi connectivity index (χ0v) is 11.9. The molecular weight excluding hydrogens is 246 g/mol. The topological polar surface area (TPSA) is 55.8 Å². The Hall–Kier alpha value is -2.04. The lowest BCUT2D eigenvalue weighted by Gasteiger charge is -2.20. The van der Waals surface area contributed by atoms with Gasteiger partial charge in [0.05, 0.1) is 14.2 Å². The van der Waals surface area contributed by atoms with Crippen LogP contribution in [0.2, 0.25) is 0 Å². The number of carbonyl (C=O) groups excluding carboxylic acids is 2. The minimum Gasteiger partial charge on any atom is -0.497 e. The zero-order valence-electron chi connectivity index (χ0n) is 11.9. The molecule has 0 atom stereocenters. The fraction of sp³-hybridized carbons (Fsp3) is 0.429. The first kappa shape index (κ1) is 15.0. The Morgan fingerprint density at radius 1 is 1.21 bits per heavy atom. The maximum atomic E-state index is 11.6. The molecule has 0 bridgehead atoms. The number of hydrogen-bond donors (Lipinski definition) is 0. The minimum absolute atomic E-state index is 0.317. The minimum atomic E-state index is -0.516. The van der Waals surface area contributed by atoms with E-state index in [1.807, 2.05) is 13.0 Å². The molecule has 0 fully saturated rings. The van der Waals surface area contributed by atoms with Gasteiger partial charge >= 0.3 is 0 Å². The average molecular weight is 265 g/mol. The number of ketones is 1.